The first-order chi connectivity index (χ1) is 13.5. The summed E-state index contributed by atoms with van der Waals surface area (Å²) in [4.78, 5) is 46.8. The van der Waals surface area contributed by atoms with E-state index in [0.717, 1.165) is 22.3 Å². The molecule has 2 heterocycles. The lowest BCUT2D eigenvalue weighted by molar-refractivity contribution is 0.0425. The average Bonchev–Trinajstić information content (AvgIpc) is 3.16. The van der Waals surface area contributed by atoms with Gasteiger partial charge in [-0.2, -0.15) is 0 Å². The highest BCUT2D eigenvalue weighted by atomic mass is 16.6. The number of carbonyl (C=O) groups is 4. The van der Waals surface area contributed by atoms with E-state index in [1.54, 1.807) is 36.4 Å². The van der Waals surface area contributed by atoms with E-state index in [0.29, 0.717) is 0 Å². The van der Waals surface area contributed by atoms with Gasteiger partial charge < -0.3 is 9.47 Å². The first kappa shape index (κ1) is 16.1. The lowest BCUT2D eigenvalue weighted by Crippen LogP contribution is -1.96. The fraction of sp³-hybridized carbons (Fsp3) is 0. The van der Waals surface area contributed by atoms with Gasteiger partial charge in [-0.15, -0.1) is 0 Å². The Balaban J connectivity index is 1.57. The van der Waals surface area contributed by atoms with Crippen molar-refractivity contribution in [1.82, 2.24) is 0 Å². The highest BCUT2D eigenvalue weighted by Gasteiger charge is 2.30. The zero-order valence-corrected chi connectivity index (χ0v) is 14.2. The molecule has 0 N–H and O–H groups in total. The third-order valence-electron chi connectivity index (χ3n) is 4.82. The molecule has 0 unspecified atom stereocenters. The summed E-state index contributed by atoms with van der Waals surface area (Å²) in [6.07, 6.45) is 0. The number of esters is 4. The minimum atomic E-state index is -0.653. The Bertz CT molecular complexity index is 1140. The van der Waals surface area contributed by atoms with Crippen LogP contribution in [0.5, 0.6) is 0 Å². The number of benzene rings is 3. The lowest BCUT2D eigenvalue weighted by Gasteiger charge is -2.07. The van der Waals surface area contributed by atoms with Gasteiger partial charge in [-0.25, -0.2) is 19.2 Å². The molecule has 28 heavy (non-hydrogen) atoms. The van der Waals surface area contributed by atoms with E-state index in [9.17, 15) is 19.2 Å². The Morgan fingerprint density at radius 3 is 1.29 bits per heavy atom. The molecule has 6 heteroatoms. The molecule has 0 saturated carbocycles. The molecule has 3 aromatic rings. The summed E-state index contributed by atoms with van der Waals surface area (Å²) in [5.74, 6) is -2.58. The Morgan fingerprint density at radius 1 is 0.429 bits per heavy atom. The van der Waals surface area contributed by atoms with E-state index in [4.69, 9.17) is 0 Å². The topological polar surface area (TPSA) is 86.7 Å². The number of hydrogen-bond donors (Lipinski definition) is 0. The molecule has 0 amide bonds. The zero-order chi connectivity index (χ0) is 19.4. The number of rotatable bonds is 2. The van der Waals surface area contributed by atoms with Crippen LogP contribution >= 0.6 is 0 Å². The number of carbonyl (C=O) groups excluding carboxylic acids is 4. The third-order valence-corrected chi connectivity index (χ3v) is 4.82. The van der Waals surface area contributed by atoms with Gasteiger partial charge in [-0.05, 0) is 52.6 Å². The van der Waals surface area contributed by atoms with Crippen LogP contribution in [0.3, 0.4) is 0 Å². The number of cyclic esters (lactones) is 4. The van der Waals surface area contributed by atoms with Crippen LogP contribution in [0.25, 0.3) is 22.3 Å². The van der Waals surface area contributed by atoms with E-state index in [1.165, 1.54) is 0 Å². The van der Waals surface area contributed by atoms with E-state index in [2.05, 4.69) is 9.47 Å². The number of ether oxygens (including phenoxy) is 2. The average molecular weight is 370 g/mol. The molecule has 0 aliphatic carbocycles. The minimum absolute atomic E-state index is 0.242. The van der Waals surface area contributed by atoms with Crippen molar-refractivity contribution in [2.24, 2.45) is 0 Å². The van der Waals surface area contributed by atoms with Gasteiger partial charge in [0.05, 0.1) is 22.3 Å². The van der Waals surface area contributed by atoms with Crippen molar-refractivity contribution < 1.29 is 28.7 Å². The van der Waals surface area contributed by atoms with Crippen LogP contribution in [0.15, 0.2) is 60.7 Å². The summed E-state index contributed by atoms with van der Waals surface area (Å²) >= 11 is 0. The minimum Gasteiger partial charge on any atom is -0.386 e. The molecular formula is C22H10O6. The monoisotopic (exact) mass is 370 g/mol. The normalized spacial score (nSPS) is 14.6. The smallest absolute Gasteiger partial charge is 0.346 e. The quantitative estimate of drug-likeness (QED) is 0.506. The third kappa shape index (κ3) is 2.35. The van der Waals surface area contributed by atoms with E-state index in [-0.39, 0.29) is 22.3 Å². The molecule has 0 atom stereocenters. The highest BCUT2D eigenvalue weighted by molar-refractivity contribution is 6.16. The molecule has 2 aliphatic rings. The standard InChI is InChI=1S/C22H10O6/c23-19-15-6-4-13(9-17(15)21(25)27-19)11-2-1-3-12(8-11)14-5-7-16-18(10-14)22(26)28-20(16)24/h1-10H. The van der Waals surface area contributed by atoms with Gasteiger partial charge in [0.2, 0.25) is 0 Å². The summed E-state index contributed by atoms with van der Waals surface area (Å²) in [7, 11) is 0. The molecule has 3 aromatic carbocycles. The van der Waals surface area contributed by atoms with Gasteiger partial charge in [-0.1, -0.05) is 30.3 Å². The van der Waals surface area contributed by atoms with E-state index < -0.39 is 23.9 Å². The Kier molecular flexibility index (Phi) is 3.30. The van der Waals surface area contributed by atoms with Crippen molar-refractivity contribution in [2.75, 3.05) is 0 Å². The second-order valence-electron chi connectivity index (χ2n) is 6.46. The molecule has 2 aliphatic heterocycles. The van der Waals surface area contributed by atoms with Crippen molar-refractivity contribution >= 4 is 23.9 Å². The van der Waals surface area contributed by atoms with Crippen LogP contribution in [0.4, 0.5) is 0 Å². The van der Waals surface area contributed by atoms with Crippen molar-refractivity contribution in [3.63, 3.8) is 0 Å². The number of hydrogen-bond acceptors (Lipinski definition) is 6. The maximum absolute atomic E-state index is 11.8. The molecule has 0 bridgehead atoms. The zero-order valence-electron chi connectivity index (χ0n) is 14.2. The van der Waals surface area contributed by atoms with Crippen molar-refractivity contribution in [1.29, 1.82) is 0 Å². The maximum Gasteiger partial charge on any atom is 0.346 e. The van der Waals surface area contributed by atoms with Gasteiger partial charge >= 0.3 is 23.9 Å². The van der Waals surface area contributed by atoms with Crippen molar-refractivity contribution in [3.05, 3.63) is 82.9 Å². The van der Waals surface area contributed by atoms with Crippen molar-refractivity contribution in [2.45, 2.75) is 0 Å². The summed E-state index contributed by atoms with van der Waals surface area (Å²) in [5, 5.41) is 0. The van der Waals surface area contributed by atoms with E-state index >= 15 is 0 Å². The van der Waals surface area contributed by atoms with Crippen molar-refractivity contribution in [3.8, 4) is 22.3 Å². The summed E-state index contributed by atoms with van der Waals surface area (Å²) in [6.45, 7) is 0. The van der Waals surface area contributed by atoms with Gasteiger partial charge in [0.25, 0.3) is 0 Å². The first-order valence-corrected chi connectivity index (χ1v) is 8.43. The van der Waals surface area contributed by atoms with Gasteiger partial charge in [0, 0.05) is 0 Å². The molecule has 0 saturated heterocycles. The summed E-state index contributed by atoms with van der Waals surface area (Å²) in [6, 6.07) is 17.4. The lowest BCUT2D eigenvalue weighted by atomic mass is 9.95. The second kappa shape index (κ2) is 5.72. The highest BCUT2D eigenvalue weighted by Crippen LogP contribution is 2.32. The predicted octanol–water partition coefficient (Wildman–Crippen LogP) is 3.64. The molecule has 0 radical (unpaired) electrons. The van der Waals surface area contributed by atoms with Crippen LogP contribution in [0.1, 0.15) is 41.4 Å². The SMILES string of the molecule is O=C1OC(=O)c2cc(-c3cccc(-c4ccc5c(c4)C(=O)OC5=O)c3)ccc21. The fourth-order valence-electron chi connectivity index (χ4n) is 3.41. The van der Waals surface area contributed by atoms with Crippen LogP contribution in [0, 0.1) is 0 Å². The molecule has 6 nitrogen and oxygen atoms in total. The Labute approximate surface area is 158 Å². The molecular weight excluding hydrogens is 360 g/mol. The van der Waals surface area contributed by atoms with Gasteiger partial charge in [-0.3, -0.25) is 0 Å². The van der Waals surface area contributed by atoms with Gasteiger partial charge in [0.15, 0.2) is 0 Å². The molecule has 0 spiro atoms. The Hall–Kier alpha value is -4.06. The first-order valence-electron chi connectivity index (χ1n) is 8.43. The summed E-state index contributed by atoms with van der Waals surface area (Å²) in [5.41, 5.74) is 4.15. The van der Waals surface area contributed by atoms with Gasteiger partial charge in [0.1, 0.15) is 0 Å². The maximum atomic E-state index is 11.8. The van der Waals surface area contributed by atoms with E-state index in [1.807, 2.05) is 24.3 Å². The number of fused-ring (bicyclic) bond motifs is 2. The van der Waals surface area contributed by atoms with Crippen LogP contribution in [-0.2, 0) is 9.47 Å². The second-order valence-corrected chi connectivity index (χ2v) is 6.46. The largest absolute Gasteiger partial charge is 0.386 e. The summed E-state index contributed by atoms with van der Waals surface area (Å²) < 4.78 is 9.26. The van der Waals surface area contributed by atoms with Crippen LogP contribution < -0.4 is 0 Å². The Morgan fingerprint density at radius 2 is 0.821 bits per heavy atom. The molecule has 0 aromatic heterocycles. The van der Waals surface area contributed by atoms with Crippen LogP contribution in [-0.4, -0.2) is 23.9 Å². The molecule has 0 fully saturated rings. The van der Waals surface area contributed by atoms with Crippen LogP contribution in [0.2, 0.25) is 0 Å². The molecule has 134 valence electrons. The molecule has 5 rings (SSSR count). The predicted molar refractivity (Wildman–Crippen MR) is 96.8 cm³/mol. The fourth-order valence-corrected chi connectivity index (χ4v) is 3.41.